The van der Waals surface area contributed by atoms with Gasteiger partial charge in [-0.2, -0.15) is 0 Å². The van der Waals surface area contributed by atoms with E-state index in [1.54, 1.807) is 0 Å². The predicted molar refractivity (Wildman–Crippen MR) is 86.2 cm³/mol. The first-order chi connectivity index (χ1) is 9.28. The number of hydrogen-bond acceptors (Lipinski definition) is 2. The number of piperidine rings is 1. The van der Waals surface area contributed by atoms with Crippen LogP contribution in [0.25, 0.3) is 0 Å². The summed E-state index contributed by atoms with van der Waals surface area (Å²) in [6.07, 6.45) is 5.45. The maximum Gasteiger partial charge on any atom is 0.0406 e. The smallest absolute Gasteiger partial charge is 0.0406 e. The SMILES string of the molecule is CCC1CCN(CCCSc2ccc(Cl)cc2)CC1. The minimum atomic E-state index is 0.822. The molecule has 0 bridgehead atoms. The Hall–Kier alpha value is -0.180. The van der Waals surface area contributed by atoms with Gasteiger partial charge in [-0.1, -0.05) is 24.9 Å². The maximum absolute atomic E-state index is 5.88. The van der Waals surface area contributed by atoms with E-state index in [-0.39, 0.29) is 0 Å². The number of benzene rings is 1. The molecular formula is C16H24ClNS. The molecule has 0 aliphatic carbocycles. The molecule has 0 aromatic heterocycles. The molecule has 1 aliphatic rings. The van der Waals surface area contributed by atoms with Gasteiger partial charge in [0, 0.05) is 9.92 Å². The third-order valence-corrected chi connectivity index (χ3v) is 5.34. The largest absolute Gasteiger partial charge is 0.303 e. The molecule has 1 heterocycles. The summed E-state index contributed by atoms with van der Waals surface area (Å²) < 4.78 is 0. The zero-order valence-electron chi connectivity index (χ0n) is 11.8. The molecule has 1 fully saturated rings. The summed E-state index contributed by atoms with van der Waals surface area (Å²) in [6.45, 7) is 6.20. The minimum absolute atomic E-state index is 0.822. The van der Waals surface area contributed by atoms with Gasteiger partial charge >= 0.3 is 0 Å². The summed E-state index contributed by atoms with van der Waals surface area (Å²) in [5.41, 5.74) is 0. The highest BCUT2D eigenvalue weighted by molar-refractivity contribution is 7.99. The molecule has 1 aromatic rings. The van der Waals surface area contributed by atoms with Crippen molar-refractivity contribution in [2.24, 2.45) is 5.92 Å². The van der Waals surface area contributed by atoms with Crippen molar-refractivity contribution in [1.29, 1.82) is 0 Å². The molecule has 106 valence electrons. The first-order valence-electron chi connectivity index (χ1n) is 7.38. The van der Waals surface area contributed by atoms with Crippen molar-refractivity contribution in [2.45, 2.75) is 37.5 Å². The van der Waals surface area contributed by atoms with E-state index in [9.17, 15) is 0 Å². The summed E-state index contributed by atoms with van der Waals surface area (Å²) in [4.78, 5) is 3.96. The molecule has 2 rings (SSSR count). The molecule has 0 saturated carbocycles. The lowest BCUT2D eigenvalue weighted by Gasteiger charge is -2.31. The fourth-order valence-corrected chi connectivity index (χ4v) is 3.59. The van der Waals surface area contributed by atoms with Gasteiger partial charge in [0.15, 0.2) is 0 Å². The van der Waals surface area contributed by atoms with Gasteiger partial charge in [0.25, 0.3) is 0 Å². The molecular weight excluding hydrogens is 274 g/mol. The van der Waals surface area contributed by atoms with E-state index in [2.05, 4.69) is 24.0 Å². The lowest BCUT2D eigenvalue weighted by atomic mass is 9.94. The molecule has 0 radical (unpaired) electrons. The molecule has 1 aliphatic heterocycles. The van der Waals surface area contributed by atoms with Crippen LogP contribution in [0, 0.1) is 5.92 Å². The van der Waals surface area contributed by atoms with Crippen LogP contribution in [-0.2, 0) is 0 Å². The van der Waals surface area contributed by atoms with E-state index in [1.165, 1.54) is 56.0 Å². The molecule has 0 unspecified atom stereocenters. The Bertz CT molecular complexity index is 358. The number of likely N-dealkylation sites (tertiary alicyclic amines) is 1. The molecule has 0 atom stereocenters. The zero-order valence-corrected chi connectivity index (χ0v) is 13.3. The summed E-state index contributed by atoms with van der Waals surface area (Å²) in [6, 6.07) is 8.16. The number of nitrogens with zero attached hydrogens (tertiary/aromatic N) is 1. The van der Waals surface area contributed by atoms with Crippen molar-refractivity contribution in [2.75, 3.05) is 25.4 Å². The Balaban J connectivity index is 1.58. The Morgan fingerprint density at radius 2 is 1.89 bits per heavy atom. The van der Waals surface area contributed by atoms with Crippen molar-refractivity contribution in [3.8, 4) is 0 Å². The topological polar surface area (TPSA) is 3.24 Å². The molecule has 3 heteroatoms. The lowest BCUT2D eigenvalue weighted by Crippen LogP contribution is -2.34. The van der Waals surface area contributed by atoms with Crippen molar-refractivity contribution < 1.29 is 0 Å². The Morgan fingerprint density at radius 1 is 1.21 bits per heavy atom. The van der Waals surface area contributed by atoms with E-state index in [1.807, 2.05) is 23.9 Å². The van der Waals surface area contributed by atoms with Gasteiger partial charge in [-0.15, -0.1) is 11.8 Å². The normalized spacial score (nSPS) is 17.8. The first-order valence-corrected chi connectivity index (χ1v) is 8.75. The zero-order chi connectivity index (χ0) is 13.5. The second-order valence-electron chi connectivity index (χ2n) is 5.35. The van der Waals surface area contributed by atoms with Crippen LogP contribution in [0.5, 0.6) is 0 Å². The molecule has 19 heavy (non-hydrogen) atoms. The van der Waals surface area contributed by atoms with Crippen molar-refractivity contribution in [3.63, 3.8) is 0 Å². The minimum Gasteiger partial charge on any atom is -0.303 e. The number of hydrogen-bond donors (Lipinski definition) is 0. The van der Waals surface area contributed by atoms with Crippen molar-refractivity contribution in [3.05, 3.63) is 29.3 Å². The summed E-state index contributed by atoms with van der Waals surface area (Å²) in [7, 11) is 0. The predicted octanol–water partition coefficient (Wildman–Crippen LogP) is 4.94. The van der Waals surface area contributed by atoms with Gasteiger partial charge in [-0.3, -0.25) is 0 Å². The second-order valence-corrected chi connectivity index (χ2v) is 6.95. The van der Waals surface area contributed by atoms with Gasteiger partial charge in [0.05, 0.1) is 0 Å². The van der Waals surface area contributed by atoms with Crippen LogP contribution in [0.15, 0.2) is 29.2 Å². The highest BCUT2D eigenvalue weighted by Gasteiger charge is 2.16. The average molecular weight is 298 g/mol. The van der Waals surface area contributed by atoms with Crippen LogP contribution in [0.3, 0.4) is 0 Å². The van der Waals surface area contributed by atoms with Crippen LogP contribution < -0.4 is 0 Å². The van der Waals surface area contributed by atoms with Crippen LogP contribution in [0.1, 0.15) is 32.6 Å². The summed E-state index contributed by atoms with van der Waals surface area (Å²) in [5, 5.41) is 0.822. The summed E-state index contributed by atoms with van der Waals surface area (Å²) in [5.74, 6) is 2.19. The molecule has 0 amide bonds. The second kappa shape index (κ2) is 8.18. The fourth-order valence-electron chi connectivity index (χ4n) is 2.63. The van der Waals surface area contributed by atoms with Crippen LogP contribution in [0.4, 0.5) is 0 Å². The van der Waals surface area contributed by atoms with E-state index in [0.717, 1.165) is 10.9 Å². The molecule has 1 nitrogen and oxygen atoms in total. The van der Waals surface area contributed by atoms with Crippen LogP contribution >= 0.6 is 23.4 Å². The summed E-state index contributed by atoms with van der Waals surface area (Å²) >= 11 is 7.82. The highest BCUT2D eigenvalue weighted by atomic mass is 35.5. The van der Waals surface area contributed by atoms with Crippen molar-refractivity contribution in [1.82, 2.24) is 4.90 Å². The highest BCUT2D eigenvalue weighted by Crippen LogP contribution is 2.22. The van der Waals surface area contributed by atoms with Crippen LogP contribution in [-0.4, -0.2) is 30.3 Å². The first kappa shape index (κ1) is 15.2. The molecule has 0 spiro atoms. The van der Waals surface area contributed by atoms with Gasteiger partial charge < -0.3 is 4.90 Å². The van der Waals surface area contributed by atoms with Crippen LogP contribution in [0.2, 0.25) is 5.02 Å². The van der Waals surface area contributed by atoms with E-state index in [0.29, 0.717) is 0 Å². The lowest BCUT2D eigenvalue weighted by molar-refractivity contribution is 0.182. The van der Waals surface area contributed by atoms with E-state index in [4.69, 9.17) is 11.6 Å². The quantitative estimate of drug-likeness (QED) is 0.540. The number of halogens is 1. The standard InChI is InChI=1S/C16H24ClNS/c1-2-14-8-11-18(12-9-14)10-3-13-19-16-6-4-15(17)5-7-16/h4-7,14H,2-3,8-13H2,1H3. The Kier molecular flexibility index (Phi) is 6.55. The van der Waals surface area contributed by atoms with Gasteiger partial charge in [-0.25, -0.2) is 0 Å². The number of rotatable bonds is 6. The fraction of sp³-hybridized carbons (Fsp3) is 0.625. The van der Waals surface area contributed by atoms with E-state index < -0.39 is 0 Å². The molecule has 1 aromatic carbocycles. The maximum atomic E-state index is 5.88. The molecule has 1 saturated heterocycles. The average Bonchev–Trinajstić information content (AvgIpc) is 2.46. The third kappa shape index (κ3) is 5.37. The van der Waals surface area contributed by atoms with Gasteiger partial charge in [-0.05, 0) is 74.8 Å². The van der Waals surface area contributed by atoms with Crippen molar-refractivity contribution >= 4 is 23.4 Å². The van der Waals surface area contributed by atoms with Gasteiger partial charge in [0.1, 0.15) is 0 Å². The molecule has 0 N–H and O–H groups in total. The monoisotopic (exact) mass is 297 g/mol. The van der Waals surface area contributed by atoms with E-state index >= 15 is 0 Å². The third-order valence-electron chi connectivity index (χ3n) is 3.99. The Morgan fingerprint density at radius 3 is 2.53 bits per heavy atom. The Labute approximate surface area is 126 Å². The van der Waals surface area contributed by atoms with Gasteiger partial charge in [0.2, 0.25) is 0 Å². The number of thioether (sulfide) groups is 1.